The SMILES string of the molecule is COc1ccc(CCN2C(=O)/C(=C/N3CCc4ccccc4C3)SC2=S)cc1OC. The number of thioether (sulfide) groups is 1. The van der Waals surface area contributed by atoms with Gasteiger partial charge in [0.1, 0.15) is 4.32 Å². The first kappa shape index (κ1) is 20.8. The van der Waals surface area contributed by atoms with E-state index in [0.717, 1.165) is 25.1 Å². The second-order valence-corrected chi connectivity index (χ2v) is 8.92. The van der Waals surface area contributed by atoms with Crippen molar-refractivity contribution in [3.8, 4) is 11.5 Å². The Labute approximate surface area is 186 Å². The van der Waals surface area contributed by atoms with Gasteiger partial charge in [0.05, 0.1) is 19.1 Å². The third-order valence-electron chi connectivity index (χ3n) is 5.41. The summed E-state index contributed by atoms with van der Waals surface area (Å²) < 4.78 is 11.3. The Balaban J connectivity index is 1.41. The first-order chi connectivity index (χ1) is 14.6. The van der Waals surface area contributed by atoms with Crippen LogP contribution >= 0.6 is 24.0 Å². The molecule has 0 saturated carbocycles. The van der Waals surface area contributed by atoms with Crippen molar-refractivity contribution in [2.75, 3.05) is 27.3 Å². The van der Waals surface area contributed by atoms with E-state index in [0.29, 0.717) is 33.7 Å². The molecule has 0 N–H and O–H groups in total. The molecule has 2 aromatic carbocycles. The van der Waals surface area contributed by atoms with Crippen molar-refractivity contribution in [1.82, 2.24) is 9.80 Å². The lowest BCUT2D eigenvalue weighted by Gasteiger charge is -2.27. The van der Waals surface area contributed by atoms with E-state index in [9.17, 15) is 4.79 Å². The van der Waals surface area contributed by atoms with Crippen molar-refractivity contribution < 1.29 is 14.3 Å². The van der Waals surface area contributed by atoms with Gasteiger partial charge >= 0.3 is 0 Å². The van der Waals surface area contributed by atoms with E-state index in [4.69, 9.17) is 21.7 Å². The third kappa shape index (κ3) is 4.32. The highest BCUT2D eigenvalue weighted by atomic mass is 32.2. The summed E-state index contributed by atoms with van der Waals surface area (Å²) in [5.74, 6) is 1.37. The zero-order valence-electron chi connectivity index (χ0n) is 17.1. The molecule has 0 aromatic heterocycles. The fourth-order valence-corrected chi connectivity index (χ4v) is 5.07. The summed E-state index contributed by atoms with van der Waals surface area (Å²) in [4.78, 5) is 17.6. The average molecular weight is 441 g/mol. The molecule has 5 nitrogen and oxygen atoms in total. The Morgan fingerprint density at radius 2 is 1.87 bits per heavy atom. The number of ether oxygens (including phenoxy) is 2. The van der Waals surface area contributed by atoms with E-state index in [1.165, 1.54) is 22.9 Å². The van der Waals surface area contributed by atoms with Gasteiger partial charge in [-0.1, -0.05) is 54.3 Å². The molecule has 30 heavy (non-hydrogen) atoms. The Morgan fingerprint density at radius 1 is 1.10 bits per heavy atom. The van der Waals surface area contributed by atoms with Crippen LogP contribution in [0, 0.1) is 0 Å². The summed E-state index contributed by atoms with van der Waals surface area (Å²) in [5.41, 5.74) is 3.78. The van der Waals surface area contributed by atoms with E-state index < -0.39 is 0 Å². The average Bonchev–Trinajstić information content (AvgIpc) is 3.04. The zero-order valence-corrected chi connectivity index (χ0v) is 18.7. The summed E-state index contributed by atoms with van der Waals surface area (Å²) in [7, 11) is 3.23. The highest BCUT2D eigenvalue weighted by Gasteiger charge is 2.32. The van der Waals surface area contributed by atoms with Crippen LogP contribution in [0.1, 0.15) is 16.7 Å². The van der Waals surface area contributed by atoms with E-state index in [2.05, 4.69) is 29.2 Å². The van der Waals surface area contributed by atoms with Crippen LogP contribution in [0.3, 0.4) is 0 Å². The van der Waals surface area contributed by atoms with Crippen LogP contribution in [0.2, 0.25) is 0 Å². The maximum atomic E-state index is 13.0. The lowest BCUT2D eigenvalue weighted by atomic mass is 10.0. The highest BCUT2D eigenvalue weighted by molar-refractivity contribution is 8.26. The van der Waals surface area contributed by atoms with Crippen molar-refractivity contribution in [2.24, 2.45) is 0 Å². The summed E-state index contributed by atoms with van der Waals surface area (Å²) in [6.45, 7) is 2.28. The number of fused-ring (bicyclic) bond motifs is 1. The second-order valence-electron chi connectivity index (χ2n) is 7.25. The second kappa shape index (κ2) is 9.10. The Kier molecular flexibility index (Phi) is 6.29. The first-order valence-electron chi connectivity index (χ1n) is 9.86. The molecule has 0 aliphatic carbocycles. The van der Waals surface area contributed by atoms with Gasteiger partial charge in [-0.05, 0) is 41.7 Å². The van der Waals surface area contributed by atoms with Crippen molar-refractivity contribution in [2.45, 2.75) is 19.4 Å². The van der Waals surface area contributed by atoms with Gasteiger partial charge in [-0.2, -0.15) is 0 Å². The predicted molar refractivity (Wildman–Crippen MR) is 124 cm³/mol. The molecule has 1 fully saturated rings. The fourth-order valence-electron chi connectivity index (χ4n) is 3.75. The number of thiocarbonyl (C=S) groups is 1. The van der Waals surface area contributed by atoms with Gasteiger partial charge in [0.2, 0.25) is 0 Å². The molecule has 156 valence electrons. The van der Waals surface area contributed by atoms with E-state index in [1.54, 1.807) is 19.1 Å². The largest absolute Gasteiger partial charge is 0.493 e. The van der Waals surface area contributed by atoms with Crippen molar-refractivity contribution in [3.05, 3.63) is 70.3 Å². The summed E-state index contributed by atoms with van der Waals surface area (Å²) >= 11 is 6.88. The predicted octanol–water partition coefficient (Wildman–Crippen LogP) is 4.01. The minimum absolute atomic E-state index is 0.00987. The Bertz CT molecular complexity index is 1010. The molecule has 2 aromatic rings. The smallest absolute Gasteiger partial charge is 0.267 e. The molecule has 2 aliphatic rings. The molecule has 0 spiro atoms. The zero-order chi connectivity index (χ0) is 21.1. The number of carbonyl (C=O) groups is 1. The van der Waals surface area contributed by atoms with Crippen molar-refractivity contribution in [3.63, 3.8) is 0 Å². The molecule has 0 radical (unpaired) electrons. The molecule has 2 heterocycles. The molecule has 1 saturated heterocycles. The van der Waals surface area contributed by atoms with E-state index in [-0.39, 0.29) is 5.91 Å². The van der Waals surface area contributed by atoms with E-state index in [1.807, 2.05) is 24.4 Å². The van der Waals surface area contributed by atoms with Gasteiger partial charge in [0.15, 0.2) is 11.5 Å². The number of rotatable bonds is 6. The molecule has 2 aliphatic heterocycles. The maximum absolute atomic E-state index is 13.0. The fraction of sp³-hybridized carbons (Fsp3) is 0.304. The number of carbonyl (C=O) groups excluding carboxylic acids is 1. The Morgan fingerprint density at radius 3 is 2.63 bits per heavy atom. The van der Waals surface area contributed by atoms with Crippen LogP contribution in [-0.2, 0) is 24.2 Å². The number of hydrogen-bond donors (Lipinski definition) is 0. The normalized spacial score (nSPS) is 17.5. The van der Waals surface area contributed by atoms with Crippen LogP contribution in [0.15, 0.2) is 53.6 Å². The lowest BCUT2D eigenvalue weighted by Crippen LogP contribution is -2.31. The molecule has 0 unspecified atom stereocenters. The molecule has 4 rings (SSSR count). The van der Waals surface area contributed by atoms with Gasteiger partial charge in [-0.15, -0.1) is 0 Å². The number of nitrogens with zero attached hydrogens (tertiary/aromatic N) is 2. The Hall–Kier alpha value is -2.51. The van der Waals surface area contributed by atoms with Crippen molar-refractivity contribution >= 4 is 34.2 Å². The standard InChI is InChI=1S/C23H24N2O3S2/c1-27-19-8-7-16(13-20(19)28-2)9-12-25-22(26)21(30-23(25)29)15-24-11-10-17-5-3-4-6-18(17)14-24/h3-8,13,15H,9-12,14H2,1-2H3/b21-15-. The monoisotopic (exact) mass is 440 g/mol. The van der Waals surface area contributed by atoms with Gasteiger partial charge in [-0.3, -0.25) is 9.69 Å². The molecular weight excluding hydrogens is 416 g/mol. The van der Waals surface area contributed by atoms with Crippen molar-refractivity contribution in [1.29, 1.82) is 0 Å². The van der Waals surface area contributed by atoms with Crippen LogP contribution in [-0.4, -0.2) is 47.3 Å². The van der Waals surface area contributed by atoms with Crippen LogP contribution in [0.5, 0.6) is 11.5 Å². The quantitative estimate of drug-likeness (QED) is 0.500. The molecule has 0 atom stereocenters. The summed E-state index contributed by atoms with van der Waals surface area (Å²) in [6.07, 6.45) is 3.66. The van der Waals surface area contributed by atoms with Gasteiger partial charge < -0.3 is 14.4 Å². The van der Waals surface area contributed by atoms with Crippen LogP contribution < -0.4 is 9.47 Å². The number of methoxy groups -OCH3 is 2. The molecule has 7 heteroatoms. The lowest BCUT2D eigenvalue weighted by molar-refractivity contribution is -0.122. The maximum Gasteiger partial charge on any atom is 0.267 e. The molecular formula is C23H24N2O3S2. The third-order valence-corrected chi connectivity index (χ3v) is 6.77. The summed E-state index contributed by atoms with van der Waals surface area (Å²) in [5, 5.41) is 0. The molecule has 0 bridgehead atoms. The minimum atomic E-state index is -0.00987. The first-order valence-corrected chi connectivity index (χ1v) is 11.1. The number of benzene rings is 2. The van der Waals surface area contributed by atoms with E-state index >= 15 is 0 Å². The van der Waals surface area contributed by atoms with Crippen LogP contribution in [0.4, 0.5) is 0 Å². The highest BCUT2D eigenvalue weighted by Crippen LogP contribution is 2.33. The van der Waals surface area contributed by atoms with Gasteiger partial charge in [0, 0.05) is 25.8 Å². The number of amides is 1. The summed E-state index contributed by atoms with van der Waals surface area (Å²) in [6, 6.07) is 14.3. The number of hydrogen-bond acceptors (Lipinski definition) is 6. The molecule has 1 amide bonds. The van der Waals surface area contributed by atoms with Gasteiger partial charge in [0.25, 0.3) is 5.91 Å². The topological polar surface area (TPSA) is 42.0 Å². The van der Waals surface area contributed by atoms with Gasteiger partial charge in [-0.25, -0.2) is 0 Å². The minimum Gasteiger partial charge on any atom is -0.493 e. The van der Waals surface area contributed by atoms with Crippen LogP contribution in [0.25, 0.3) is 0 Å².